The Morgan fingerprint density at radius 1 is 1.09 bits per heavy atom. The average Bonchev–Trinajstić information content (AvgIpc) is 2.87. The van der Waals surface area contributed by atoms with Crippen LogP contribution in [0, 0.1) is 0 Å². The molecule has 1 aromatic heterocycles. The molecule has 7 heteroatoms. The summed E-state index contributed by atoms with van der Waals surface area (Å²) in [5.41, 5.74) is 3.36. The summed E-state index contributed by atoms with van der Waals surface area (Å²) in [6, 6.07) is 19.0. The van der Waals surface area contributed by atoms with Gasteiger partial charge in [-0.05, 0) is 35.4 Å². The first-order chi connectivity index (χ1) is 16.1. The Kier molecular flexibility index (Phi) is 6.88. The number of pyridine rings is 1. The highest BCUT2D eigenvalue weighted by molar-refractivity contribution is 5.96. The predicted octanol–water partition coefficient (Wildman–Crippen LogP) is 3.75. The Balaban J connectivity index is 1.59. The van der Waals surface area contributed by atoms with E-state index in [0.717, 1.165) is 16.8 Å². The number of anilines is 1. The first kappa shape index (κ1) is 22.3. The van der Waals surface area contributed by atoms with Crippen molar-refractivity contribution in [3.8, 4) is 5.75 Å². The molecule has 0 unspecified atom stereocenters. The van der Waals surface area contributed by atoms with Crippen LogP contribution in [0.15, 0.2) is 73.1 Å². The van der Waals surface area contributed by atoms with Crippen molar-refractivity contribution in [2.24, 2.45) is 0 Å². The van der Waals surface area contributed by atoms with Crippen LogP contribution >= 0.6 is 0 Å². The second-order valence-corrected chi connectivity index (χ2v) is 8.02. The van der Waals surface area contributed by atoms with Crippen LogP contribution in [-0.2, 0) is 11.3 Å². The number of carbonyl (C=O) groups excluding carboxylic acids is 2. The molecule has 1 atom stereocenters. The molecular weight excluding hydrogens is 416 g/mol. The van der Waals surface area contributed by atoms with Gasteiger partial charge in [0.2, 0.25) is 5.91 Å². The van der Waals surface area contributed by atoms with Crippen molar-refractivity contribution in [2.45, 2.75) is 19.5 Å². The Hall–Kier alpha value is -3.87. The van der Waals surface area contributed by atoms with Gasteiger partial charge in [0.05, 0.1) is 18.8 Å². The summed E-state index contributed by atoms with van der Waals surface area (Å²) >= 11 is 0. The molecule has 0 radical (unpaired) electrons. The Morgan fingerprint density at radius 2 is 1.91 bits per heavy atom. The fourth-order valence-corrected chi connectivity index (χ4v) is 4.12. The van der Waals surface area contributed by atoms with Crippen LogP contribution in [0.5, 0.6) is 5.75 Å². The zero-order valence-corrected chi connectivity index (χ0v) is 18.9. The minimum absolute atomic E-state index is 0.0226. The number of amides is 2. The van der Waals surface area contributed by atoms with Crippen LogP contribution in [0.4, 0.5) is 5.69 Å². The lowest BCUT2D eigenvalue weighted by Crippen LogP contribution is -2.51. The van der Waals surface area contributed by atoms with E-state index in [1.807, 2.05) is 59.5 Å². The highest BCUT2D eigenvalue weighted by Crippen LogP contribution is 2.30. The van der Waals surface area contributed by atoms with Crippen molar-refractivity contribution in [1.82, 2.24) is 14.8 Å². The van der Waals surface area contributed by atoms with Crippen molar-refractivity contribution < 1.29 is 14.3 Å². The van der Waals surface area contributed by atoms with Crippen molar-refractivity contribution in [3.63, 3.8) is 0 Å². The van der Waals surface area contributed by atoms with E-state index in [0.29, 0.717) is 37.5 Å². The Bertz CT molecular complexity index is 1110. The first-order valence-corrected chi connectivity index (χ1v) is 11.0. The van der Waals surface area contributed by atoms with Gasteiger partial charge in [0, 0.05) is 51.1 Å². The molecular formula is C26H28N4O3. The maximum absolute atomic E-state index is 13.6. The number of hydrogen-bond donors (Lipinski definition) is 1. The zero-order valence-electron chi connectivity index (χ0n) is 18.9. The van der Waals surface area contributed by atoms with Gasteiger partial charge < -0.3 is 19.9 Å². The summed E-state index contributed by atoms with van der Waals surface area (Å²) in [6.45, 7) is 3.61. The second-order valence-electron chi connectivity index (χ2n) is 8.02. The van der Waals surface area contributed by atoms with Gasteiger partial charge in [0.1, 0.15) is 5.75 Å². The molecule has 2 amide bonds. The van der Waals surface area contributed by atoms with Crippen LogP contribution in [0.1, 0.15) is 34.5 Å². The zero-order chi connectivity index (χ0) is 23.2. The maximum atomic E-state index is 13.6. The number of benzene rings is 2. The van der Waals surface area contributed by atoms with E-state index in [1.54, 1.807) is 37.4 Å². The maximum Gasteiger partial charge on any atom is 0.254 e. The van der Waals surface area contributed by atoms with Gasteiger partial charge >= 0.3 is 0 Å². The third-order valence-corrected chi connectivity index (χ3v) is 5.92. The highest BCUT2D eigenvalue weighted by atomic mass is 16.5. The fraction of sp³-hybridized carbons (Fsp3) is 0.269. The monoisotopic (exact) mass is 444 g/mol. The number of piperazine rings is 1. The number of methoxy groups -OCH3 is 1. The largest absolute Gasteiger partial charge is 0.495 e. The number of nitrogens with zero attached hydrogens (tertiary/aromatic N) is 3. The number of carbonyl (C=O) groups is 2. The number of rotatable bonds is 6. The van der Waals surface area contributed by atoms with Gasteiger partial charge in [0.15, 0.2) is 0 Å². The molecule has 1 fully saturated rings. The molecule has 2 heterocycles. The van der Waals surface area contributed by atoms with E-state index >= 15 is 0 Å². The lowest BCUT2D eigenvalue weighted by molar-refractivity contribution is -0.131. The van der Waals surface area contributed by atoms with Crippen LogP contribution in [0.25, 0.3) is 0 Å². The van der Waals surface area contributed by atoms with E-state index in [9.17, 15) is 9.59 Å². The molecule has 1 N–H and O–H groups in total. The van der Waals surface area contributed by atoms with Gasteiger partial charge in [0.25, 0.3) is 5.91 Å². The first-order valence-electron chi connectivity index (χ1n) is 11.0. The smallest absolute Gasteiger partial charge is 0.254 e. The van der Waals surface area contributed by atoms with Crippen LogP contribution in [0.2, 0.25) is 0 Å². The fourth-order valence-electron chi connectivity index (χ4n) is 4.12. The predicted molar refractivity (Wildman–Crippen MR) is 127 cm³/mol. The van der Waals surface area contributed by atoms with E-state index in [2.05, 4.69) is 10.3 Å². The van der Waals surface area contributed by atoms with Crippen molar-refractivity contribution in [2.75, 3.05) is 32.1 Å². The topological polar surface area (TPSA) is 74.8 Å². The van der Waals surface area contributed by atoms with Crippen LogP contribution in [0.3, 0.4) is 0 Å². The molecule has 3 aromatic rings. The van der Waals surface area contributed by atoms with Crippen LogP contribution < -0.4 is 10.1 Å². The molecule has 33 heavy (non-hydrogen) atoms. The van der Waals surface area contributed by atoms with Gasteiger partial charge in [-0.25, -0.2) is 0 Å². The van der Waals surface area contributed by atoms with Crippen molar-refractivity contribution in [3.05, 3.63) is 89.7 Å². The molecule has 0 spiro atoms. The molecule has 1 saturated heterocycles. The van der Waals surface area contributed by atoms with Gasteiger partial charge in [-0.3, -0.25) is 14.6 Å². The summed E-state index contributed by atoms with van der Waals surface area (Å²) < 4.78 is 5.50. The average molecular weight is 445 g/mol. The number of aromatic nitrogens is 1. The minimum atomic E-state index is -0.203. The van der Waals surface area contributed by atoms with Gasteiger partial charge in [-0.15, -0.1) is 0 Å². The van der Waals surface area contributed by atoms with E-state index in [-0.39, 0.29) is 17.9 Å². The third kappa shape index (κ3) is 5.14. The molecule has 0 aliphatic carbocycles. The van der Waals surface area contributed by atoms with E-state index in [1.165, 1.54) is 0 Å². The molecule has 1 aliphatic heterocycles. The molecule has 0 bridgehead atoms. The van der Waals surface area contributed by atoms with E-state index < -0.39 is 0 Å². The summed E-state index contributed by atoms with van der Waals surface area (Å²) in [5.74, 6) is 0.616. The number of hydrogen-bond acceptors (Lipinski definition) is 5. The minimum Gasteiger partial charge on any atom is -0.495 e. The summed E-state index contributed by atoms with van der Waals surface area (Å²) in [5, 5.41) is 3.35. The third-order valence-electron chi connectivity index (χ3n) is 5.92. The molecule has 7 nitrogen and oxygen atoms in total. The van der Waals surface area contributed by atoms with Crippen LogP contribution in [-0.4, -0.2) is 53.3 Å². The number of ether oxygens (including phenoxy) is 1. The Labute approximate surface area is 194 Å². The lowest BCUT2D eigenvalue weighted by Gasteiger charge is -2.41. The molecule has 2 aromatic carbocycles. The molecule has 1 aliphatic rings. The molecule has 0 saturated carbocycles. The van der Waals surface area contributed by atoms with Crippen molar-refractivity contribution >= 4 is 17.5 Å². The number of nitrogens with one attached hydrogen (secondary N) is 1. The van der Waals surface area contributed by atoms with Crippen molar-refractivity contribution in [1.29, 1.82) is 0 Å². The highest BCUT2D eigenvalue weighted by Gasteiger charge is 2.33. The summed E-state index contributed by atoms with van der Waals surface area (Å²) in [7, 11) is 1.61. The molecule has 170 valence electrons. The quantitative estimate of drug-likeness (QED) is 0.627. The standard InChI is InChI=1S/C26H28N4O3/c1-19(31)29-13-14-30(24(18-29)21-8-4-3-5-9-21)26(32)22-10-11-25(33-2)23(15-22)28-17-20-7-6-12-27-16-20/h3-12,15-16,24,28H,13-14,17-18H2,1-2H3/t24-/m1/s1. The second kappa shape index (κ2) is 10.2. The van der Waals surface area contributed by atoms with E-state index in [4.69, 9.17) is 4.74 Å². The lowest BCUT2D eigenvalue weighted by atomic mass is 10.0. The summed E-state index contributed by atoms with van der Waals surface area (Å²) in [4.78, 5) is 33.5. The van der Waals surface area contributed by atoms with Gasteiger partial charge in [-0.2, -0.15) is 0 Å². The normalized spacial score (nSPS) is 15.8. The van der Waals surface area contributed by atoms with Gasteiger partial charge in [-0.1, -0.05) is 36.4 Å². The SMILES string of the molecule is COc1ccc(C(=O)N2CCN(C(C)=O)C[C@@H]2c2ccccc2)cc1NCc1cccnc1. The molecule has 4 rings (SSSR count). The summed E-state index contributed by atoms with van der Waals surface area (Å²) in [6.07, 6.45) is 3.53. The Morgan fingerprint density at radius 3 is 2.61 bits per heavy atom.